The van der Waals surface area contributed by atoms with Gasteiger partial charge in [-0.2, -0.15) is 4.98 Å². The van der Waals surface area contributed by atoms with Gasteiger partial charge in [0.25, 0.3) is 5.89 Å². The smallest absolute Gasteiger partial charge is 0.283 e. The van der Waals surface area contributed by atoms with E-state index in [1.807, 2.05) is 13.8 Å². The molecule has 7 nitrogen and oxygen atoms in total. The first-order valence-corrected chi connectivity index (χ1v) is 6.44. The van der Waals surface area contributed by atoms with E-state index >= 15 is 0 Å². The number of hydrogen-bond donors (Lipinski definition) is 0. The molecule has 0 radical (unpaired) electrons. The van der Waals surface area contributed by atoms with Crippen LogP contribution in [0.1, 0.15) is 31.9 Å². The van der Waals surface area contributed by atoms with Crippen LogP contribution in [0.25, 0.3) is 0 Å². The van der Waals surface area contributed by atoms with Gasteiger partial charge in [-0.1, -0.05) is 5.16 Å². The van der Waals surface area contributed by atoms with E-state index in [2.05, 4.69) is 10.1 Å². The van der Waals surface area contributed by atoms with Crippen molar-refractivity contribution < 1.29 is 23.5 Å². The number of nitrogens with zero attached hydrogens (tertiary/aromatic N) is 2. The molecular weight excluding hydrogens is 252 g/mol. The van der Waals surface area contributed by atoms with E-state index in [-0.39, 0.29) is 0 Å². The average Bonchev–Trinajstić information content (AvgIpc) is 2.87. The Balaban J connectivity index is 2.37. The van der Waals surface area contributed by atoms with Crippen molar-refractivity contribution in [1.82, 2.24) is 10.1 Å². The minimum atomic E-state index is -0.592. The summed E-state index contributed by atoms with van der Waals surface area (Å²) in [6.45, 7) is 6.46. The average molecular weight is 274 g/mol. The van der Waals surface area contributed by atoms with Gasteiger partial charge in [0.15, 0.2) is 5.82 Å². The van der Waals surface area contributed by atoms with Crippen molar-refractivity contribution in [3.63, 3.8) is 0 Å². The molecule has 19 heavy (non-hydrogen) atoms. The molecule has 1 aromatic heterocycles. The van der Waals surface area contributed by atoms with E-state index in [1.165, 1.54) is 0 Å². The lowest BCUT2D eigenvalue weighted by molar-refractivity contribution is -0.155. The summed E-state index contributed by atoms with van der Waals surface area (Å²) in [6, 6.07) is 0. The van der Waals surface area contributed by atoms with Crippen LogP contribution in [0.2, 0.25) is 0 Å². The zero-order chi connectivity index (χ0) is 13.9. The third kappa shape index (κ3) is 6.11. The lowest BCUT2D eigenvalue weighted by Crippen LogP contribution is -2.09. The molecule has 0 aliphatic carbocycles. The Morgan fingerprint density at radius 3 is 2.47 bits per heavy atom. The van der Waals surface area contributed by atoms with Crippen LogP contribution >= 0.6 is 0 Å². The van der Waals surface area contributed by atoms with Gasteiger partial charge in [0.05, 0.1) is 19.8 Å². The monoisotopic (exact) mass is 274 g/mol. The Bertz CT molecular complexity index is 326. The van der Waals surface area contributed by atoms with Gasteiger partial charge in [-0.05, 0) is 13.8 Å². The Morgan fingerprint density at radius 1 is 1.11 bits per heavy atom. The molecule has 0 bridgehead atoms. The first-order valence-electron chi connectivity index (χ1n) is 6.44. The predicted octanol–water partition coefficient (Wildman–Crippen LogP) is 1.35. The minimum absolute atomic E-state index is 0.343. The maximum Gasteiger partial charge on any atom is 0.283 e. The minimum Gasteiger partial charge on any atom is -0.382 e. The van der Waals surface area contributed by atoms with Crippen LogP contribution in [0, 0.1) is 0 Å². The normalized spacial score (nSPS) is 11.4. The van der Waals surface area contributed by atoms with Crippen LogP contribution in [0.4, 0.5) is 0 Å². The molecule has 0 saturated heterocycles. The van der Waals surface area contributed by atoms with Gasteiger partial charge >= 0.3 is 0 Å². The standard InChI is InChI=1S/C12H22N2O5/c1-4-17-12(18-5-2)11-13-10(14-19-11)6-7-16-9-8-15-3/h12H,4-9H2,1-3H3. The first kappa shape index (κ1) is 16.0. The summed E-state index contributed by atoms with van der Waals surface area (Å²) < 4.78 is 26.1. The van der Waals surface area contributed by atoms with E-state index in [4.69, 9.17) is 23.5 Å². The molecule has 0 spiro atoms. The highest BCUT2D eigenvalue weighted by atomic mass is 16.7. The zero-order valence-electron chi connectivity index (χ0n) is 11.8. The van der Waals surface area contributed by atoms with Crippen LogP contribution in [-0.2, 0) is 25.4 Å². The summed E-state index contributed by atoms with van der Waals surface area (Å²) in [4.78, 5) is 4.23. The Labute approximate surface area is 113 Å². The molecule has 0 N–H and O–H groups in total. The van der Waals surface area contributed by atoms with E-state index in [0.29, 0.717) is 51.2 Å². The van der Waals surface area contributed by atoms with E-state index in [0.717, 1.165) is 0 Å². The number of aromatic nitrogens is 2. The third-order valence-electron chi connectivity index (χ3n) is 2.22. The highest BCUT2D eigenvalue weighted by molar-refractivity contribution is 4.88. The topological polar surface area (TPSA) is 75.8 Å². The molecule has 0 unspecified atom stereocenters. The number of rotatable bonds is 11. The van der Waals surface area contributed by atoms with Gasteiger partial charge in [0.1, 0.15) is 0 Å². The summed E-state index contributed by atoms with van der Waals surface area (Å²) >= 11 is 0. The number of methoxy groups -OCH3 is 1. The zero-order valence-corrected chi connectivity index (χ0v) is 11.8. The molecule has 110 valence electrons. The molecule has 7 heteroatoms. The first-order chi connectivity index (χ1) is 9.31. The van der Waals surface area contributed by atoms with Crippen LogP contribution in [0.5, 0.6) is 0 Å². The SMILES string of the molecule is CCOC(OCC)c1nc(CCOCCOC)no1. The summed E-state index contributed by atoms with van der Waals surface area (Å²) in [7, 11) is 1.64. The maximum absolute atomic E-state index is 5.37. The highest BCUT2D eigenvalue weighted by Gasteiger charge is 2.19. The quantitative estimate of drug-likeness (QED) is 0.445. The second-order valence-corrected chi connectivity index (χ2v) is 3.65. The van der Waals surface area contributed by atoms with Crippen molar-refractivity contribution in [2.75, 3.05) is 40.1 Å². The molecular formula is C12H22N2O5. The molecule has 0 fully saturated rings. The summed E-state index contributed by atoms with van der Waals surface area (Å²) in [5.74, 6) is 0.924. The van der Waals surface area contributed by atoms with Crippen LogP contribution < -0.4 is 0 Å². The van der Waals surface area contributed by atoms with Gasteiger partial charge in [-0.25, -0.2) is 0 Å². The fraction of sp³-hybridized carbons (Fsp3) is 0.833. The molecule has 0 aliphatic rings. The molecule has 0 saturated carbocycles. The predicted molar refractivity (Wildman–Crippen MR) is 66.7 cm³/mol. The van der Waals surface area contributed by atoms with Gasteiger partial charge in [0, 0.05) is 26.7 Å². The summed E-state index contributed by atoms with van der Waals surface area (Å²) in [5, 5.41) is 3.86. The largest absolute Gasteiger partial charge is 0.382 e. The van der Waals surface area contributed by atoms with Crippen LogP contribution in [-0.4, -0.2) is 50.3 Å². The molecule has 1 heterocycles. The number of hydrogen-bond acceptors (Lipinski definition) is 7. The van der Waals surface area contributed by atoms with E-state index < -0.39 is 6.29 Å². The Kier molecular flexibility index (Phi) is 8.31. The van der Waals surface area contributed by atoms with Gasteiger partial charge < -0.3 is 23.5 Å². The summed E-state index contributed by atoms with van der Waals surface area (Å²) in [5.41, 5.74) is 0. The highest BCUT2D eigenvalue weighted by Crippen LogP contribution is 2.16. The maximum atomic E-state index is 5.37. The molecule has 0 amide bonds. The van der Waals surface area contributed by atoms with Crippen molar-refractivity contribution in [2.45, 2.75) is 26.6 Å². The van der Waals surface area contributed by atoms with Crippen molar-refractivity contribution in [3.8, 4) is 0 Å². The Morgan fingerprint density at radius 2 is 1.84 bits per heavy atom. The Hall–Kier alpha value is -1.02. The van der Waals surface area contributed by atoms with Gasteiger partial charge in [-0.3, -0.25) is 0 Å². The molecule has 0 aromatic carbocycles. The van der Waals surface area contributed by atoms with E-state index in [1.54, 1.807) is 7.11 Å². The van der Waals surface area contributed by atoms with Gasteiger partial charge in [0.2, 0.25) is 6.29 Å². The lowest BCUT2D eigenvalue weighted by atomic mass is 10.4. The molecule has 0 atom stereocenters. The lowest BCUT2D eigenvalue weighted by Gasteiger charge is -2.11. The van der Waals surface area contributed by atoms with E-state index in [9.17, 15) is 0 Å². The molecule has 1 rings (SSSR count). The van der Waals surface area contributed by atoms with Crippen molar-refractivity contribution >= 4 is 0 Å². The third-order valence-corrected chi connectivity index (χ3v) is 2.22. The van der Waals surface area contributed by atoms with Crippen molar-refractivity contribution in [1.29, 1.82) is 0 Å². The summed E-state index contributed by atoms with van der Waals surface area (Å²) in [6.07, 6.45) is -0.0104. The second kappa shape index (κ2) is 9.85. The van der Waals surface area contributed by atoms with Gasteiger partial charge in [-0.15, -0.1) is 0 Å². The van der Waals surface area contributed by atoms with Crippen molar-refractivity contribution in [2.24, 2.45) is 0 Å². The van der Waals surface area contributed by atoms with Crippen LogP contribution in [0.3, 0.4) is 0 Å². The molecule has 0 aliphatic heterocycles. The van der Waals surface area contributed by atoms with Crippen LogP contribution in [0.15, 0.2) is 4.52 Å². The number of ether oxygens (including phenoxy) is 4. The fourth-order valence-corrected chi connectivity index (χ4v) is 1.37. The fourth-order valence-electron chi connectivity index (χ4n) is 1.37. The molecule has 1 aromatic rings. The van der Waals surface area contributed by atoms with Crippen molar-refractivity contribution in [3.05, 3.63) is 11.7 Å². The second-order valence-electron chi connectivity index (χ2n) is 3.65.